The van der Waals surface area contributed by atoms with Gasteiger partial charge < -0.3 is 25.7 Å². The van der Waals surface area contributed by atoms with Crippen LogP contribution in [0.1, 0.15) is 66.2 Å². The third-order valence-corrected chi connectivity index (χ3v) is 6.56. The summed E-state index contributed by atoms with van der Waals surface area (Å²) in [4.78, 5) is 33.6. The van der Waals surface area contributed by atoms with Crippen molar-refractivity contribution < 1.29 is 24.6 Å². The van der Waals surface area contributed by atoms with E-state index in [-0.39, 0.29) is 17.4 Å². The number of carbonyl (C=O) groups excluding carboxylic acids is 1. The van der Waals surface area contributed by atoms with E-state index in [0.717, 1.165) is 64.9 Å². The van der Waals surface area contributed by atoms with Crippen LogP contribution >= 0.6 is 0 Å². The largest absolute Gasteiger partial charge is 0.481 e. The second kappa shape index (κ2) is 13.2. The Balaban J connectivity index is 0.000000473. The number of carboxylic acids is 2. The van der Waals surface area contributed by atoms with Gasteiger partial charge in [-0.25, -0.2) is 0 Å². The number of amides is 1. The van der Waals surface area contributed by atoms with Gasteiger partial charge in [-0.05, 0) is 64.5 Å². The Labute approximate surface area is 207 Å². The van der Waals surface area contributed by atoms with Crippen molar-refractivity contribution in [2.24, 2.45) is 5.41 Å². The van der Waals surface area contributed by atoms with E-state index in [2.05, 4.69) is 45.7 Å². The summed E-state index contributed by atoms with van der Waals surface area (Å²) >= 11 is 0. The van der Waals surface area contributed by atoms with E-state index in [4.69, 9.17) is 19.8 Å². The van der Waals surface area contributed by atoms with E-state index in [0.29, 0.717) is 12.1 Å². The van der Waals surface area contributed by atoms with E-state index in [9.17, 15) is 4.79 Å². The average Bonchev–Trinajstić information content (AvgIpc) is 3.40. The molecule has 0 saturated carbocycles. The molecule has 3 aliphatic rings. The summed E-state index contributed by atoms with van der Waals surface area (Å²) in [6.45, 7) is 8.23. The van der Waals surface area contributed by atoms with Gasteiger partial charge in [-0.1, -0.05) is 11.6 Å². The average molecular weight is 490 g/mol. The molecule has 1 aromatic rings. The minimum Gasteiger partial charge on any atom is -0.481 e. The van der Waals surface area contributed by atoms with Crippen LogP contribution in [0, 0.1) is 5.41 Å². The van der Waals surface area contributed by atoms with Crippen LogP contribution in [0.25, 0.3) is 0 Å². The van der Waals surface area contributed by atoms with Crippen molar-refractivity contribution >= 4 is 23.7 Å². The molecule has 3 fully saturated rings. The van der Waals surface area contributed by atoms with Crippen LogP contribution < -0.4 is 15.5 Å². The number of rotatable bonds is 5. The Bertz CT molecular complexity index is 861. The molecule has 10 heteroatoms. The van der Waals surface area contributed by atoms with Crippen LogP contribution in [-0.4, -0.2) is 69.5 Å². The summed E-state index contributed by atoms with van der Waals surface area (Å²) in [5.74, 6) is -0.475. The fourth-order valence-corrected chi connectivity index (χ4v) is 5.00. The molecule has 3 atom stereocenters. The zero-order chi connectivity index (χ0) is 26.0. The molecule has 10 nitrogen and oxygen atoms in total. The first-order valence-electron chi connectivity index (χ1n) is 12.2. The highest BCUT2D eigenvalue weighted by molar-refractivity contribution is 5.85. The van der Waals surface area contributed by atoms with Crippen molar-refractivity contribution in [1.29, 1.82) is 0 Å². The summed E-state index contributed by atoms with van der Waals surface area (Å²) < 4.78 is 0. The Hall–Kier alpha value is -3.01. The van der Waals surface area contributed by atoms with E-state index < -0.39 is 11.9 Å². The van der Waals surface area contributed by atoms with E-state index in [1.807, 2.05) is 12.1 Å². The second-order valence-corrected chi connectivity index (χ2v) is 9.69. The molecule has 4 N–H and O–H groups in total. The van der Waals surface area contributed by atoms with Gasteiger partial charge in [0.25, 0.3) is 11.9 Å². The van der Waals surface area contributed by atoms with Crippen LogP contribution in [0.2, 0.25) is 0 Å². The van der Waals surface area contributed by atoms with E-state index >= 15 is 0 Å². The second-order valence-electron chi connectivity index (χ2n) is 9.69. The highest BCUT2D eigenvalue weighted by Crippen LogP contribution is 2.46. The number of hydrogen-bond donors (Lipinski definition) is 4. The maximum absolute atomic E-state index is 13.4. The number of hydrogen-bond acceptors (Lipinski definition) is 7. The lowest BCUT2D eigenvalue weighted by Crippen LogP contribution is -2.53. The third kappa shape index (κ3) is 8.61. The number of piperidine rings is 1. The molecule has 3 saturated heterocycles. The lowest BCUT2D eigenvalue weighted by molar-refractivity contribution is -0.135. The molecular weight excluding hydrogens is 450 g/mol. The van der Waals surface area contributed by atoms with Crippen molar-refractivity contribution in [3.8, 4) is 0 Å². The Morgan fingerprint density at radius 2 is 1.74 bits per heavy atom. The van der Waals surface area contributed by atoms with Crippen LogP contribution in [0.15, 0.2) is 30.0 Å². The fourth-order valence-electron chi connectivity index (χ4n) is 5.00. The first-order chi connectivity index (χ1) is 16.5. The van der Waals surface area contributed by atoms with Gasteiger partial charge in [0.05, 0.1) is 5.41 Å². The number of aromatic nitrogens is 2. The topological polar surface area (TPSA) is 145 Å². The fraction of sp³-hybridized carbons (Fsp3) is 0.640. The van der Waals surface area contributed by atoms with Crippen molar-refractivity contribution in [2.75, 3.05) is 18.0 Å². The molecule has 0 spiro atoms. The van der Waals surface area contributed by atoms with Gasteiger partial charge in [-0.2, -0.15) is 5.10 Å². The summed E-state index contributed by atoms with van der Waals surface area (Å²) in [5, 5.41) is 30.1. The van der Waals surface area contributed by atoms with Crippen LogP contribution in [0.4, 0.5) is 5.82 Å². The van der Waals surface area contributed by atoms with Crippen LogP contribution in [0.5, 0.6) is 0 Å². The first kappa shape index (κ1) is 28.2. The molecule has 194 valence electrons. The predicted molar refractivity (Wildman–Crippen MR) is 133 cm³/mol. The normalized spacial score (nSPS) is 24.9. The summed E-state index contributed by atoms with van der Waals surface area (Å²) in [6, 6.07) is 5.03. The smallest absolute Gasteiger partial charge is 0.300 e. The maximum Gasteiger partial charge on any atom is 0.300 e. The van der Waals surface area contributed by atoms with E-state index in [1.54, 1.807) is 6.20 Å². The predicted octanol–water partition coefficient (Wildman–Crippen LogP) is 2.61. The molecule has 4 heterocycles. The molecule has 0 unspecified atom stereocenters. The summed E-state index contributed by atoms with van der Waals surface area (Å²) in [6.07, 6.45) is 10.0. The third-order valence-electron chi connectivity index (χ3n) is 6.56. The van der Waals surface area contributed by atoms with Crippen molar-refractivity contribution in [3.05, 3.63) is 30.0 Å². The van der Waals surface area contributed by atoms with Gasteiger partial charge in [-0.3, -0.25) is 14.4 Å². The van der Waals surface area contributed by atoms with Crippen LogP contribution in [0.3, 0.4) is 0 Å². The number of carbonyl (C=O) groups is 3. The number of nitrogens with zero attached hydrogens (tertiary/aromatic N) is 3. The van der Waals surface area contributed by atoms with Crippen molar-refractivity contribution in [2.45, 2.75) is 84.3 Å². The quantitative estimate of drug-likeness (QED) is 0.459. The van der Waals surface area contributed by atoms with Gasteiger partial charge in [0.2, 0.25) is 5.91 Å². The molecule has 35 heavy (non-hydrogen) atoms. The lowest BCUT2D eigenvalue weighted by Gasteiger charge is -2.38. The highest BCUT2D eigenvalue weighted by atomic mass is 16.4. The molecular formula is C25H39N5O5. The highest BCUT2D eigenvalue weighted by Gasteiger charge is 2.55. The van der Waals surface area contributed by atoms with E-state index in [1.165, 1.54) is 12.0 Å². The van der Waals surface area contributed by atoms with Gasteiger partial charge in [0, 0.05) is 51.3 Å². The molecule has 3 aliphatic heterocycles. The summed E-state index contributed by atoms with van der Waals surface area (Å²) in [7, 11) is 0. The molecule has 0 aliphatic carbocycles. The number of aliphatic carboxylic acids is 2. The maximum atomic E-state index is 13.4. The Morgan fingerprint density at radius 3 is 2.20 bits per heavy atom. The Kier molecular flexibility index (Phi) is 10.6. The first-order valence-corrected chi connectivity index (χ1v) is 12.2. The number of allylic oxidation sites excluding steroid dienone is 2. The number of carboxylic acid groups (broad SMARTS) is 2. The monoisotopic (exact) mass is 489 g/mol. The summed E-state index contributed by atoms with van der Waals surface area (Å²) in [5.41, 5.74) is 1.03. The zero-order valence-corrected chi connectivity index (χ0v) is 21.2. The van der Waals surface area contributed by atoms with Crippen molar-refractivity contribution in [1.82, 2.24) is 20.8 Å². The molecule has 1 amide bonds. The standard InChI is InChI=1S/C21H31N5O.2C2H4O2/c1-15(2)7-10-21(14-17-5-6-18(21)23-17)20(27)24-16-8-12-26(13-9-16)19-4-3-11-22-25-19;2*1-2(3)4/h3-4,7,11,16-18,23H,5-6,8-10,12-14H2,1-2H3,(H,24,27);2*1H3,(H,3,4)/t17-,18+,21+;;/m0../s1. The van der Waals surface area contributed by atoms with Crippen molar-refractivity contribution in [3.63, 3.8) is 0 Å². The molecule has 2 bridgehead atoms. The number of anilines is 1. The van der Waals surface area contributed by atoms with Gasteiger partial charge in [0.1, 0.15) is 0 Å². The molecule has 1 aromatic heterocycles. The van der Waals surface area contributed by atoms with Gasteiger partial charge in [0.15, 0.2) is 5.82 Å². The lowest BCUT2D eigenvalue weighted by atomic mass is 9.70. The van der Waals surface area contributed by atoms with Crippen LogP contribution in [-0.2, 0) is 14.4 Å². The Morgan fingerprint density at radius 1 is 1.11 bits per heavy atom. The number of fused-ring (bicyclic) bond motifs is 2. The SMILES string of the molecule is CC(=O)O.CC(=O)O.CC(C)=CC[C@@]1(C(=O)NC2CCN(c3cccnn3)CC2)C[C@@H]2CC[C@H]1N2. The zero-order valence-electron chi connectivity index (χ0n) is 21.2. The van der Waals surface area contributed by atoms with Gasteiger partial charge in [-0.15, -0.1) is 5.10 Å². The molecule has 0 aromatic carbocycles. The molecule has 4 rings (SSSR count). The van der Waals surface area contributed by atoms with Gasteiger partial charge >= 0.3 is 0 Å². The number of nitrogens with one attached hydrogen (secondary N) is 2. The molecule has 0 radical (unpaired) electrons. The minimum absolute atomic E-state index is 0.258. The minimum atomic E-state index is -0.833.